The van der Waals surface area contributed by atoms with E-state index >= 15 is 0 Å². The lowest BCUT2D eigenvalue weighted by Gasteiger charge is -2.29. The van der Waals surface area contributed by atoms with Crippen LogP contribution >= 0.6 is 15.9 Å². The molecule has 0 fully saturated rings. The van der Waals surface area contributed by atoms with Crippen LogP contribution in [0.25, 0.3) is 0 Å². The fourth-order valence-corrected chi connectivity index (χ4v) is 4.07. The Morgan fingerprint density at radius 3 is 2.31 bits per heavy atom. The molecule has 0 saturated carbocycles. The van der Waals surface area contributed by atoms with Crippen molar-refractivity contribution in [3.8, 4) is 11.5 Å². The second-order valence-electron chi connectivity index (χ2n) is 8.26. The number of carbonyl (C=O) groups is 2. The summed E-state index contributed by atoms with van der Waals surface area (Å²) < 4.78 is 11.5. The molecule has 1 atom stereocenters. The second kappa shape index (κ2) is 13.5. The number of hydrogen-bond donors (Lipinski definition) is 2. The number of anilines is 1. The molecule has 190 valence electrons. The zero-order valence-electron chi connectivity index (χ0n) is 20.8. The summed E-state index contributed by atoms with van der Waals surface area (Å²) in [6, 6.07) is 22.4. The van der Waals surface area contributed by atoms with Crippen LogP contribution in [0, 0.1) is 0 Å². The number of ether oxygens (including phenoxy) is 2. The van der Waals surface area contributed by atoms with Gasteiger partial charge in [0.05, 0.1) is 20.3 Å². The molecule has 0 aliphatic carbocycles. The first kappa shape index (κ1) is 27.1. The normalized spacial score (nSPS) is 11.3. The van der Waals surface area contributed by atoms with Gasteiger partial charge in [0.15, 0.2) is 11.5 Å². The van der Waals surface area contributed by atoms with Crippen LogP contribution in [-0.2, 0) is 11.2 Å². The lowest BCUT2D eigenvalue weighted by atomic mass is 10.1. The summed E-state index contributed by atoms with van der Waals surface area (Å²) >= 11 is 3.40. The van der Waals surface area contributed by atoms with Gasteiger partial charge in [-0.1, -0.05) is 52.3 Å². The maximum atomic E-state index is 13.2. The van der Waals surface area contributed by atoms with Crippen molar-refractivity contribution < 1.29 is 19.1 Å². The summed E-state index contributed by atoms with van der Waals surface area (Å²) in [5, 5.41) is 5.89. The molecule has 8 heteroatoms. The molecular weight excluding hydrogens is 522 g/mol. The van der Waals surface area contributed by atoms with Crippen molar-refractivity contribution in [2.75, 3.05) is 32.6 Å². The number of nitrogens with zero attached hydrogens (tertiary/aromatic N) is 1. The standard InChI is InChI=1S/C28H32BrN3O4/c1-20(22-7-5-4-6-8-22)32(28(34)31-24-12-10-23(29)11-13-24)18-16-27(33)30-17-15-21-9-14-25(35-2)26(19-21)36-3/h4-14,19-20H,15-18H2,1-3H3,(H,30,33)(H,31,34). The van der Waals surface area contributed by atoms with E-state index in [4.69, 9.17) is 9.47 Å². The van der Waals surface area contributed by atoms with Crippen molar-refractivity contribution >= 4 is 33.6 Å². The van der Waals surface area contributed by atoms with E-state index in [0.29, 0.717) is 30.2 Å². The molecule has 1 unspecified atom stereocenters. The number of benzene rings is 3. The summed E-state index contributed by atoms with van der Waals surface area (Å²) in [6.45, 7) is 2.72. The van der Waals surface area contributed by atoms with Crippen molar-refractivity contribution in [2.24, 2.45) is 0 Å². The Bertz CT molecular complexity index is 1140. The number of amides is 3. The molecule has 0 heterocycles. The van der Waals surface area contributed by atoms with Crippen LogP contribution in [0.15, 0.2) is 77.3 Å². The maximum Gasteiger partial charge on any atom is 0.322 e. The van der Waals surface area contributed by atoms with Crippen LogP contribution in [0.1, 0.15) is 30.5 Å². The molecule has 3 aromatic rings. The molecule has 36 heavy (non-hydrogen) atoms. The highest BCUT2D eigenvalue weighted by atomic mass is 79.9. The molecule has 0 aromatic heterocycles. The fourth-order valence-electron chi connectivity index (χ4n) is 3.80. The first-order valence-corrected chi connectivity index (χ1v) is 12.6. The van der Waals surface area contributed by atoms with E-state index in [0.717, 1.165) is 15.6 Å². The molecule has 0 aliphatic rings. The number of urea groups is 1. The predicted molar refractivity (Wildman–Crippen MR) is 146 cm³/mol. The van der Waals surface area contributed by atoms with E-state index < -0.39 is 0 Å². The molecule has 0 spiro atoms. The van der Waals surface area contributed by atoms with Crippen LogP contribution in [0.2, 0.25) is 0 Å². The number of halogens is 1. The first-order valence-electron chi connectivity index (χ1n) is 11.8. The molecule has 0 aliphatic heterocycles. The lowest BCUT2D eigenvalue weighted by molar-refractivity contribution is -0.121. The molecule has 2 N–H and O–H groups in total. The Hall–Kier alpha value is -3.52. The highest BCUT2D eigenvalue weighted by Gasteiger charge is 2.22. The Labute approximate surface area is 220 Å². The molecule has 0 bridgehead atoms. The van der Waals surface area contributed by atoms with E-state index in [1.165, 1.54) is 0 Å². The predicted octanol–water partition coefficient (Wildman–Crippen LogP) is 5.81. The van der Waals surface area contributed by atoms with Crippen molar-refractivity contribution in [2.45, 2.75) is 25.8 Å². The summed E-state index contributed by atoms with van der Waals surface area (Å²) in [4.78, 5) is 27.5. The van der Waals surface area contributed by atoms with E-state index in [1.807, 2.05) is 79.7 Å². The van der Waals surface area contributed by atoms with E-state index in [1.54, 1.807) is 19.1 Å². The summed E-state index contributed by atoms with van der Waals surface area (Å²) in [7, 11) is 3.19. The van der Waals surface area contributed by atoms with Gasteiger partial charge in [-0.3, -0.25) is 4.79 Å². The lowest BCUT2D eigenvalue weighted by Crippen LogP contribution is -2.40. The van der Waals surface area contributed by atoms with E-state index in [2.05, 4.69) is 26.6 Å². The molecule has 3 amide bonds. The molecule has 7 nitrogen and oxygen atoms in total. The van der Waals surface area contributed by atoms with Gasteiger partial charge in [0.25, 0.3) is 0 Å². The Morgan fingerprint density at radius 1 is 0.944 bits per heavy atom. The first-order chi connectivity index (χ1) is 17.4. The molecule has 0 radical (unpaired) electrons. The quantitative estimate of drug-likeness (QED) is 0.314. The minimum atomic E-state index is -0.258. The number of hydrogen-bond acceptors (Lipinski definition) is 4. The zero-order chi connectivity index (χ0) is 25.9. The van der Waals surface area contributed by atoms with Crippen LogP contribution in [-0.4, -0.2) is 44.1 Å². The van der Waals surface area contributed by atoms with Gasteiger partial charge in [0.1, 0.15) is 0 Å². The second-order valence-corrected chi connectivity index (χ2v) is 9.17. The Balaban J connectivity index is 1.59. The van der Waals surface area contributed by atoms with Crippen LogP contribution in [0.3, 0.4) is 0 Å². The maximum absolute atomic E-state index is 13.2. The summed E-state index contributed by atoms with van der Waals surface area (Å²) in [5.74, 6) is 1.21. The smallest absolute Gasteiger partial charge is 0.322 e. The number of rotatable bonds is 11. The third kappa shape index (κ3) is 7.75. The van der Waals surface area contributed by atoms with Gasteiger partial charge in [-0.15, -0.1) is 0 Å². The number of methoxy groups -OCH3 is 2. The fraction of sp³-hybridized carbons (Fsp3) is 0.286. The SMILES string of the molecule is COc1ccc(CCNC(=O)CCN(C(=O)Nc2ccc(Br)cc2)C(C)c2ccccc2)cc1OC. The van der Waals surface area contributed by atoms with E-state index in [9.17, 15) is 9.59 Å². The van der Waals surface area contributed by atoms with Gasteiger partial charge in [-0.2, -0.15) is 0 Å². The Kier molecular flexibility index (Phi) is 10.2. The number of carbonyl (C=O) groups excluding carboxylic acids is 2. The van der Waals surface area contributed by atoms with Gasteiger partial charge in [-0.05, 0) is 60.9 Å². The minimum Gasteiger partial charge on any atom is -0.493 e. The van der Waals surface area contributed by atoms with Gasteiger partial charge < -0.3 is 25.0 Å². The van der Waals surface area contributed by atoms with Crippen LogP contribution in [0.4, 0.5) is 10.5 Å². The minimum absolute atomic E-state index is 0.114. The average molecular weight is 554 g/mol. The summed E-state index contributed by atoms with van der Waals surface area (Å²) in [5.41, 5.74) is 2.71. The monoisotopic (exact) mass is 553 g/mol. The van der Waals surface area contributed by atoms with Gasteiger partial charge in [0, 0.05) is 29.7 Å². The highest BCUT2D eigenvalue weighted by molar-refractivity contribution is 9.10. The van der Waals surface area contributed by atoms with Crippen molar-refractivity contribution in [1.29, 1.82) is 0 Å². The molecule has 3 aromatic carbocycles. The average Bonchev–Trinajstić information content (AvgIpc) is 2.90. The van der Waals surface area contributed by atoms with Crippen molar-refractivity contribution in [3.05, 3.63) is 88.4 Å². The van der Waals surface area contributed by atoms with Gasteiger partial charge in [0.2, 0.25) is 5.91 Å². The third-order valence-corrected chi connectivity index (χ3v) is 6.40. The van der Waals surface area contributed by atoms with Crippen LogP contribution < -0.4 is 20.1 Å². The summed E-state index contributed by atoms with van der Waals surface area (Å²) in [6.07, 6.45) is 0.844. The third-order valence-electron chi connectivity index (χ3n) is 5.87. The highest BCUT2D eigenvalue weighted by Crippen LogP contribution is 2.27. The van der Waals surface area contributed by atoms with Gasteiger partial charge >= 0.3 is 6.03 Å². The van der Waals surface area contributed by atoms with Crippen molar-refractivity contribution in [1.82, 2.24) is 10.2 Å². The zero-order valence-corrected chi connectivity index (χ0v) is 22.4. The van der Waals surface area contributed by atoms with Crippen LogP contribution in [0.5, 0.6) is 11.5 Å². The van der Waals surface area contributed by atoms with E-state index in [-0.39, 0.29) is 30.9 Å². The van der Waals surface area contributed by atoms with Gasteiger partial charge in [-0.25, -0.2) is 4.79 Å². The topological polar surface area (TPSA) is 79.9 Å². The molecule has 3 rings (SSSR count). The number of nitrogens with one attached hydrogen (secondary N) is 2. The largest absolute Gasteiger partial charge is 0.493 e. The molecular formula is C28H32BrN3O4. The van der Waals surface area contributed by atoms with Crippen molar-refractivity contribution in [3.63, 3.8) is 0 Å². The Morgan fingerprint density at radius 2 is 1.64 bits per heavy atom. The molecule has 0 saturated heterocycles.